The molecule has 1 unspecified atom stereocenters. The fourth-order valence-corrected chi connectivity index (χ4v) is 3.51. The molecule has 0 aliphatic carbocycles. The van der Waals surface area contributed by atoms with Gasteiger partial charge in [0.25, 0.3) is 5.91 Å². The van der Waals surface area contributed by atoms with Crippen LogP contribution in [0.4, 0.5) is 11.4 Å². The number of nitrogens with one attached hydrogen (secondary N) is 1. The average molecular weight is 337 g/mol. The molecule has 0 spiro atoms. The Morgan fingerprint density at radius 3 is 2.80 bits per heavy atom. The van der Waals surface area contributed by atoms with Gasteiger partial charge in [0.15, 0.2) is 0 Å². The smallest absolute Gasteiger partial charge is 0.274 e. The fourth-order valence-electron chi connectivity index (χ4n) is 3.51. The van der Waals surface area contributed by atoms with Crippen molar-refractivity contribution in [2.45, 2.75) is 52.5 Å². The van der Waals surface area contributed by atoms with Gasteiger partial charge in [-0.2, -0.15) is 0 Å². The van der Waals surface area contributed by atoms with Gasteiger partial charge in [-0.1, -0.05) is 19.1 Å². The predicted molar refractivity (Wildman–Crippen MR) is 103 cm³/mol. The zero-order valence-electron chi connectivity index (χ0n) is 15.4. The van der Waals surface area contributed by atoms with E-state index in [0.29, 0.717) is 11.7 Å². The van der Waals surface area contributed by atoms with Crippen molar-refractivity contribution in [2.24, 2.45) is 0 Å². The van der Waals surface area contributed by atoms with Gasteiger partial charge >= 0.3 is 0 Å². The summed E-state index contributed by atoms with van der Waals surface area (Å²) in [6.07, 6.45) is 6.76. The van der Waals surface area contributed by atoms with Gasteiger partial charge in [0, 0.05) is 18.3 Å². The second-order valence-electron chi connectivity index (χ2n) is 6.93. The van der Waals surface area contributed by atoms with Crippen LogP contribution in [0.1, 0.15) is 54.2 Å². The molecular formula is C21H27N3O. The summed E-state index contributed by atoms with van der Waals surface area (Å²) in [6.45, 7) is 7.33. The molecule has 3 rings (SSSR count). The lowest BCUT2D eigenvalue weighted by Crippen LogP contribution is -2.39. The third-order valence-electron chi connectivity index (χ3n) is 5.05. The van der Waals surface area contributed by atoms with E-state index in [9.17, 15) is 4.79 Å². The fraction of sp³-hybridized carbons (Fsp3) is 0.429. The van der Waals surface area contributed by atoms with Gasteiger partial charge < -0.3 is 10.2 Å². The molecule has 1 amide bonds. The molecule has 0 saturated carbocycles. The topological polar surface area (TPSA) is 45.2 Å². The molecule has 1 atom stereocenters. The minimum Gasteiger partial charge on any atom is -0.367 e. The van der Waals surface area contributed by atoms with Gasteiger partial charge in [-0.05, 0) is 68.9 Å². The molecule has 2 heterocycles. The molecule has 1 saturated heterocycles. The molecule has 132 valence electrons. The summed E-state index contributed by atoms with van der Waals surface area (Å²) in [7, 11) is 0. The number of pyridine rings is 1. The molecule has 4 nitrogen and oxygen atoms in total. The molecule has 25 heavy (non-hydrogen) atoms. The van der Waals surface area contributed by atoms with Crippen LogP contribution in [0.25, 0.3) is 0 Å². The minimum absolute atomic E-state index is 0.161. The third-order valence-corrected chi connectivity index (χ3v) is 5.05. The molecule has 1 fully saturated rings. The third kappa shape index (κ3) is 4.01. The van der Waals surface area contributed by atoms with Crippen LogP contribution in [-0.2, 0) is 0 Å². The molecule has 0 bridgehead atoms. The van der Waals surface area contributed by atoms with Crippen molar-refractivity contribution in [1.82, 2.24) is 4.98 Å². The summed E-state index contributed by atoms with van der Waals surface area (Å²) in [6, 6.07) is 10.5. The van der Waals surface area contributed by atoms with Crippen molar-refractivity contribution in [3.05, 3.63) is 53.3 Å². The number of aromatic nitrogens is 1. The molecule has 1 aromatic carbocycles. The summed E-state index contributed by atoms with van der Waals surface area (Å²) < 4.78 is 0. The number of hydrogen-bond donors (Lipinski definition) is 1. The van der Waals surface area contributed by atoms with Crippen LogP contribution in [0, 0.1) is 13.8 Å². The maximum atomic E-state index is 12.5. The summed E-state index contributed by atoms with van der Waals surface area (Å²) >= 11 is 0. The van der Waals surface area contributed by atoms with Gasteiger partial charge in [0.05, 0.1) is 11.9 Å². The van der Waals surface area contributed by atoms with Crippen molar-refractivity contribution in [3.63, 3.8) is 0 Å². The maximum Gasteiger partial charge on any atom is 0.274 e. The quantitative estimate of drug-likeness (QED) is 0.878. The zero-order valence-corrected chi connectivity index (χ0v) is 15.4. The van der Waals surface area contributed by atoms with Crippen molar-refractivity contribution >= 4 is 17.3 Å². The van der Waals surface area contributed by atoms with Gasteiger partial charge in [0.2, 0.25) is 0 Å². The number of rotatable bonds is 4. The van der Waals surface area contributed by atoms with E-state index in [1.165, 1.54) is 19.3 Å². The van der Waals surface area contributed by atoms with E-state index in [1.54, 1.807) is 0 Å². The molecule has 0 radical (unpaired) electrons. The molecular weight excluding hydrogens is 310 g/mol. The highest BCUT2D eigenvalue weighted by Gasteiger charge is 2.21. The monoisotopic (exact) mass is 337 g/mol. The number of nitrogens with zero attached hydrogens (tertiary/aromatic N) is 2. The van der Waals surface area contributed by atoms with Crippen molar-refractivity contribution in [3.8, 4) is 0 Å². The Labute approximate surface area is 150 Å². The SMILES string of the molecule is CCC1CCCCN1c1ccc(C(=O)Nc2cc(C)ccc2C)nc1. The highest BCUT2D eigenvalue weighted by Crippen LogP contribution is 2.26. The first-order valence-corrected chi connectivity index (χ1v) is 9.19. The van der Waals surface area contributed by atoms with E-state index in [4.69, 9.17) is 0 Å². The molecule has 1 aliphatic heterocycles. The van der Waals surface area contributed by atoms with Gasteiger partial charge in [-0.15, -0.1) is 0 Å². The number of anilines is 2. The second-order valence-corrected chi connectivity index (χ2v) is 6.93. The van der Waals surface area contributed by atoms with E-state index >= 15 is 0 Å². The molecule has 4 heteroatoms. The summed E-state index contributed by atoms with van der Waals surface area (Å²) in [5.74, 6) is -0.161. The maximum absolute atomic E-state index is 12.5. The number of hydrogen-bond acceptors (Lipinski definition) is 3. The first-order chi connectivity index (χ1) is 12.1. The first-order valence-electron chi connectivity index (χ1n) is 9.19. The van der Waals surface area contributed by atoms with Crippen molar-refractivity contribution < 1.29 is 4.79 Å². The number of amides is 1. The van der Waals surface area contributed by atoms with E-state index in [-0.39, 0.29) is 5.91 Å². The van der Waals surface area contributed by atoms with Crippen LogP contribution < -0.4 is 10.2 Å². The minimum atomic E-state index is -0.161. The Morgan fingerprint density at radius 2 is 2.08 bits per heavy atom. The van der Waals surface area contributed by atoms with E-state index in [0.717, 1.165) is 35.5 Å². The van der Waals surface area contributed by atoms with Gasteiger partial charge in [0.1, 0.15) is 5.69 Å². The Bertz CT molecular complexity index is 739. The summed E-state index contributed by atoms with van der Waals surface area (Å²) in [4.78, 5) is 19.3. The Kier molecular flexibility index (Phi) is 5.37. The van der Waals surface area contributed by atoms with Crippen LogP contribution >= 0.6 is 0 Å². The largest absolute Gasteiger partial charge is 0.367 e. The zero-order chi connectivity index (χ0) is 17.8. The van der Waals surface area contributed by atoms with Gasteiger partial charge in [-0.3, -0.25) is 4.79 Å². The Hall–Kier alpha value is -2.36. The number of piperidine rings is 1. The normalized spacial score (nSPS) is 17.4. The molecule has 2 aromatic rings. The highest BCUT2D eigenvalue weighted by molar-refractivity contribution is 6.03. The summed E-state index contributed by atoms with van der Waals surface area (Å²) in [5, 5.41) is 2.97. The predicted octanol–water partition coefficient (Wildman–Crippen LogP) is 4.72. The van der Waals surface area contributed by atoms with Crippen LogP contribution in [0.15, 0.2) is 36.5 Å². The lowest BCUT2D eigenvalue weighted by Gasteiger charge is -2.37. The van der Waals surface area contributed by atoms with E-state index in [1.807, 2.05) is 50.4 Å². The Balaban J connectivity index is 1.73. The molecule has 1 aromatic heterocycles. The highest BCUT2D eigenvalue weighted by atomic mass is 16.1. The number of carbonyl (C=O) groups is 1. The van der Waals surface area contributed by atoms with Crippen LogP contribution in [-0.4, -0.2) is 23.5 Å². The van der Waals surface area contributed by atoms with E-state index < -0.39 is 0 Å². The van der Waals surface area contributed by atoms with Crippen LogP contribution in [0.3, 0.4) is 0 Å². The first kappa shape index (κ1) is 17.5. The number of aryl methyl sites for hydroxylation is 2. The summed E-state index contributed by atoms with van der Waals surface area (Å²) in [5.41, 5.74) is 4.59. The Morgan fingerprint density at radius 1 is 1.24 bits per heavy atom. The standard InChI is InChI=1S/C21H27N3O/c1-4-17-7-5-6-12-24(17)18-10-11-19(22-14-18)21(25)23-20-13-15(2)8-9-16(20)3/h8-11,13-14,17H,4-7,12H2,1-3H3,(H,23,25). The second kappa shape index (κ2) is 7.68. The lowest BCUT2D eigenvalue weighted by atomic mass is 9.99. The lowest BCUT2D eigenvalue weighted by molar-refractivity contribution is 0.102. The average Bonchev–Trinajstić information content (AvgIpc) is 2.64. The van der Waals surface area contributed by atoms with Crippen LogP contribution in [0.5, 0.6) is 0 Å². The molecule has 1 N–H and O–H groups in total. The molecule has 1 aliphatic rings. The number of benzene rings is 1. The van der Waals surface area contributed by atoms with Gasteiger partial charge in [-0.25, -0.2) is 4.98 Å². The van der Waals surface area contributed by atoms with Crippen LogP contribution in [0.2, 0.25) is 0 Å². The van der Waals surface area contributed by atoms with Crippen molar-refractivity contribution in [2.75, 3.05) is 16.8 Å². The van der Waals surface area contributed by atoms with E-state index in [2.05, 4.69) is 22.1 Å². The van der Waals surface area contributed by atoms with Crippen molar-refractivity contribution in [1.29, 1.82) is 0 Å². The number of carbonyl (C=O) groups excluding carboxylic acids is 1.